The fourth-order valence-corrected chi connectivity index (χ4v) is 5.89. The molecule has 0 aliphatic carbocycles. The van der Waals surface area contributed by atoms with Crippen molar-refractivity contribution in [2.24, 2.45) is 0 Å². The van der Waals surface area contributed by atoms with E-state index in [1.165, 1.54) is 0 Å². The molecule has 8 rings (SSSR count). The van der Waals surface area contributed by atoms with Crippen molar-refractivity contribution in [3.8, 4) is 78.8 Å². The van der Waals surface area contributed by atoms with Crippen LogP contribution in [0.1, 0.15) is 5.69 Å². The average Bonchev–Trinajstić information content (AvgIpc) is 3.19. The second-order valence-corrected chi connectivity index (χ2v) is 11.8. The first kappa shape index (κ1) is 29.7. The third-order valence-corrected chi connectivity index (χ3v) is 8.42. The smallest absolute Gasteiger partial charge is 0.164 e. The molecule has 6 heteroatoms. The molecule has 0 aliphatic heterocycles. The molecule has 0 N–H and O–H groups in total. The van der Waals surface area contributed by atoms with Gasteiger partial charge in [0.1, 0.15) is 0 Å². The van der Waals surface area contributed by atoms with Crippen molar-refractivity contribution in [2.75, 3.05) is 0 Å². The molecule has 3 heterocycles. The van der Waals surface area contributed by atoms with Crippen LogP contribution in [-0.4, -0.2) is 29.9 Å². The van der Waals surface area contributed by atoms with Crippen molar-refractivity contribution < 1.29 is 0 Å². The first-order chi connectivity index (χ1) is 24.2. The van der Waals surface area contributed by atoms with Gasteiger partial charge in [0.15, 0.2) is 17.5 Å². The van der Waals surface area contributed by atoms with Crippen molar-refractivity contribution in [3.63, 3.8) is 0 Å². The largest absolute Gasteiger partial charge is 0.262 e. The van der Waals surface area contributed by atoms with E-state index in [1.54, 1.807) is 18.6 Å². The maximum absolute atomic E-state index is 5.04. The lowest BCUT2D eigenvalue weighted by Gasteiger charge is -2.13. The van der Waals surface area contributed by atoms with Crippen molar-refractivity contribution in [3.05, 3.63) is 170 Å². The minimum atomic E-state index is 0.607. The quantitative estimate of drug-likeness (QED) is 0.174. The van der Waals surface area contributed by atoms with Crippen LogP contribution >= 0.6 is 0 Å². The van der Waals surface area contributed by atoms with Gasteiger partial charge in [0.05, 0.1) is 11.9 Å². The van der Waals surface area contributed by atoms with Gasteiger partial charge in [-0.3, -0.25) is 15.0 Å². The summed E-state index contributed by atoms with van der Waals surface area (Å²) in [6.07, 6.45) is 7.03. The molecule has 0 radical (unpaired) electrons. The van der Waals surface area contributed by atoms with E-state index in [0.29, 0.717) is 17.5 Å². The Labute approximate surface area is 285 Å². The fraction of sp³-hybridized carbons (Fsp3) is 0.0233. The normalized spacial score (nSPS) is 11.0. The second-order valence-electron chi connectivity index (χ2n) is 11.8. The summed E-state index contributed by atoms with van der Waals surface area (Å²) in [4.78, 5) is 28.1. The van der Waals surface area contributed by atoms with Gasteiger partial charge in [-0.2, -0.15) is 0 Å². The number of hydrogen-bond acceptors (Lipinski definition) is 6. The Hall–Kier alpha value is -6.66. The van der Waals surface area contributed by atoms with Crippen LogP contribution in [0.5, 0.6) is 0 Å². The van der Waals surface area contributed by atoms with Gasteiger partial charge < -0.3 is 0 Å². The van der Waals surface area contributed by atoms with Gasteiger partial charge in [0.2, 0.25) is 0 Å². The van der Waals surface area contributed by atoms with Crippen LogP contribution in [0.3, 0.4) is 0 Å². The van der Waals surface area contributed by atoms with Gasteiger partial charge in [0, 0.05) is 46.5 Å². The van der Waals surface area contributed by atoms with Crippen LogP contribution in [0.25, 0.3) is 78.8 Å². The molecule has 0 atom stereocenters. The minimum Gasteiger partial charge on any atom is -0.262 e. The number of aryl methyl sites for hydroxylation is 1. The molecule has 0 amide bonds. The first-order valence-corrected chi connectivity index (χ1v) is 16.1. The third-order valence-electron chi connectivity index (χ3n) is 8.42. The molecule has 6 nitrogen and oxygen atoms in total. The molecular formula is C43H30N6. The highest BCUT2D eigenvalue weighted by Gasteiger charge is 2.15. The highest BCUT2D eigenvalue weighted by molar-refractivity contribution is 5.82. The Kier molecular flexibility index (Phi) is 8.02. The highest BCUT2D eigenvalue weighted by atomic mass is 15.0. The summed E-state index contributed by atoms with van der Waals surface area (Å²) in [6.45, 7) is 2.01. The molecule has 0 bridgehead atoms. The highest BCUT2D eigenvalue weighted by Crippen LogP contribution is 2.35. The summed E-state index contributed by atoms with van der Waals surface area (Å²) in [7, 11) is 0. The van der Waals surface area contributed by atoms with Crippen molar-refractivity contribution in [1.29, 1.82) is 0 Å². The third kappa shape index (κ3) is 6.48. The van der Waals surface area contributed by atoms with Gasteiger partial charge in [-0.05, 0) is 70.6 Å². The summed E-state index contributed by atoms with van der Waals surface area (Å²) in [5.74, 6) is 1.86. The Bertz CT molecular complexity index is 2300. The van der Waals surface area contributed by atoms with E-state index in [1.807, 2.05) is 79.9 Å². The molecule has 49 heavy (non-hydrogen) atoms. The zero-order valence-corrected chi connectivity index (χ0v) is 26.8. The summed E-state index contributed by atoms with van der Waals surface area (Å²) < 4.78 is 0. The van der Waals surface area contributed by atoms with Crippen LogP contribution in [0.2, 0.25) is 0 Å². The monoisotopic (exact) mass is 630 g/mol. The molecule has 8 aromatic rings. The second kappa shape index (κ2) is 13.2. The summed E-state index contributed by atoms with van der Waals surface area (Å²) >= 11 is 0. The number of nitrogens with zero attached hydrogens (tertiary/aromatic N) is 6. The Balaban J connectivity index is 1.27. The summed E-state index contributed by atoms with van der Waals surface area (Å²) in [5, 5.41) is 0. The summed E-state index contributed by atoms with van der Waals surface area (Å²) in [6, 6.07) is 47.9. The van der Waals surface area contributed by atoms with Gasteiger partial charge in [-0.25, -0.2) is 15.0 Å². The lowest BCUT2D eigenvalue weighted by atomic mass is 9.94. The Morgan fingerprint density at radius 1 is 0.347 bits per heavy atom. The van der Waals surface area contributed by atoms with Gasteiger partial charge in [-0.1, -0.05) is 109 Å². The molecule has 0 saturated carbocycles. The van der Waals surface area contributed by atoms with E-state index in [-0.39, 0.29) is 0 Å². The standard InChI is InChI=1S/C43H30N6/c1-29-24-36(20-21-45-29)30-12-14-31(15-13-30)37-25-38(32-16-18-33(19-17-32)40-28-44-22-23-46-40)27-39(26-37)43-48-41(34-8-4-2-5-9-34)47-42(49-43)35-10-6-3-7-11-35/h2-28H,1H3. The number of rotatable bonds is 7. The molecular weight excluding hydrogens is 601 g/mol. The maximum atomic E-state index is 5.04. The molecule has 0 unspecified atom stereocenters. The van der Waals surface area contributed by atoms with E-state index in [2.05, 4.69) is 87.7 Å². The SMILES string of the molecule is Cc1cc(-c2ccc(-c3cc(-c4ccc(-c5cnccn5)cc4)cc(-c4nc(-c5ccccc5)nc(-c5ccccc5)n4)c3)cc2)ccn1. The van der Waals surface area contributed by atoms with E-state index in [4.69, 9.17) is 15.0 Å². The van der Waals surface area contributed by atoms with Crippen LogP contribution in [-0.2, 0) is 0 Å². The molecule has 3 aromatic heterocycles. The first-order valence-electron chi connectivity index (χ1n) is 16.1. The molecule has 232 valence electrons. The number of pyridine rings is 1. The average molecular weight is 631 g/mol. The van der Waals surface area contributed by atoms with E-state index in [9.17, 15) is 0 Å². The number of benzene rings is 5. The van der Waals surface area contributed by atoms with E-state index < -0.39 is 0 Å². The fourth-order valence-electron chi connectivity index (χ4n) is 5.89. The van der Waals surface area contributed by atoms with Crippen molar-refractivity contribution in [1.82, 2.24) is 29.9 Å². The van der Waals surface area contributed by atoms with Crippen molar-refractivity contribution >= 4 is 0 Å². The minimum absolute atomic E-state index is 0.607. The van der Waals surface area contributed by atoms with Gasteiger partial charge in [0.25, 0.3) is 0 Å². The van der Waals surface area contributed by atoms with E-state index >= 15 is 0 Å². The van der Waals surface area contributed by atoms with E-state index in [0.717, 1.165) is 67.0 Å². The van der Waals surface area contributed by atoms with Crippen molar-refractivity contribution in [2.45, 2.75) is 6.92 Å². The zero-order chi connectivity index (χ0) is 33.0. The molecule has 0 saturated heterocycles. The van der Waals surface area contributed by atoms with Gasteiger partial charge >= 0.3 is 0 Å². The molecule has 5 aromatic carbocycles. The number of aromatic nitrogens is 6. The van der Waals surface area contributed by atoms with Gasteiger partial charge in [-0.15, -0.1) is 0 Å². The van der Waals surface area contributed by atoms with Crippen LogP contribution in [0.15, 0.2) is 164 Å². The molecule has 0 spiro atoms. The lowest BCUT2D eigenvalue weighted by molar-refractivity contribution is 1.07. The van der Waals surface area contributed by atoms with Crippen LogP contribution in [0, 0.1) is 6.92 Å². The predicted molar refractivity (Wildman–Crippen MR) is 196 cm³/mol. The topological polar surface area (TPSA) is 77.3 Å². The van der Waals surface area contributed by atoms with Crippen LogP contribution in [0.4, 0.5) is 0 Å². The number of hydrogen-bond donors (Lipinski definition) is 0. The molecule has 0 fully saturated rings. The zero-order valence-electron chi connectivity index (χ0n) is 26.8. The lowest BCUT2D eigenvalue weighted by Crippen LogP contribution is -2.00. The summed E-state index contributed by atoms with van der Waals surface area (Å²) in [5.41, 5.74) is 12.2. The predicted octanol–water partition coefficient (Wildman–Crippen LogP) is 10.0. The maximum Gasteiger partial charge on any atom is 0.164 e. The molecule has 0 aliphatic rings. The Morgan fingerprint density at radius 2 is 0.837 bits per heavy atom. The van der Waals surface area contributed by atoms with Crippen LogP contribution < -0.4 is 0 Å². The Morgan fingerprint density at radius 3 is 1.35 bits per heavy atom.